The first-order valence-corrected chi connectivity index (χ1v) is 4.72. The largest absolute Gasteiger partial charge is 0.376 e. The first-order chi connectivity index (χ1) is 6.77. The Morgan fingerprint density at radius 3 is 2.43 bits per heavy atom. The van der Waals surface area contributed by atoms with Gasteiger partial charge in [0.25, 0.3) is 0 Å². The van der Waals surface area contributed by atoms with E-state index in [2.05, 4.69) is 0 Å². The molecule has 0 spiro atoms. The molecule has 2 heterocycles. The second kappa shape index (κ2) is 4.12. The predicted octanol–water partition coefficient (Wildman–Crippen LogP) is 0.134. The van der Waals surface area contributed by atoms with E-state index in [4.69, 9.17) is 23.7 Å². The van der Waals surface area contributed by atoms with E-state index in [1.807, 2.05) is 6.92 Å². The summed E-state index contributed by atoms with van der Waals surface area (Å²) in [5, 5.41) is 0. The zero-order valence-electron chi connectivity index (χ0n) is 8.64. The fraction of sp³-hybridized carbons (Fsp3) is 1.00. The molecule has 0 aromatic carbocycles. The number of ether oxygens (including phenoxy) is 5. The topological polar surface area (TPSA) is 46.2 Å². The fourth-order valence-electron chi connectivity index (χ4n) is 2.05. The van der Waals surface area contributed by atoms with Crippen molar-refractivity contribution in [3.8, 4) is 0 Å². The summed E-state index contributed by atoms with van der Waals surface area (Å²) in [6, 6.07) is 0. The average molecular weight is 204 g/mol. The summed E-state index contributed by atoms with van der Waals surface area (Å²) < 4.78 is 27.0. The summed E-state index contributed by atoms with van der Waals surface area (Å²) in [5.41, 5.74) is 0. The highest BCUT2D eigenvalue weighted by Gasteiger charge is 2.49. The molecule has 0 N–H and O–H groups in total. The van der Waals surface area contributed by atoms with Gasteiger partial charge in [-0.05, 0) is 6.92 Å². The molecule has 0 aromatic rings. The van der Waals surface area contributed by atoms with Gasteiger partial charge in [-0.3, -0.25) is 0 Å². The van der Waals surface area contributed by atoms with Crippen LogP contribution in [0.2, 0.25) is 0 Å². The normalized spacial score (nSPS) is 47.8. The van der Waals surface area contributed by atoms with Crippen molar-refractivity contribution >= 4 is 0 Å². The Bertz CT molecular complexity index is 198. The zero-order chi connectivity index (χ0) is 10.1. The molecule has 0 aliphatic carbocycles. The van der Waals surface area contributed by atoms with E-state index in [1.54, 1.807) is 14.2 Å². The molecule has 2 saturated heterocycles. The molecule has 5 atom stereocenters. The van der Waals surface area contributed by atoms with E-state index in [-0.39, 0.29) is 37.5 Å². The third-order valence-corrected chi connectivity index (χ3v) is 2.75. The van der Waals surface area contributed by atoms with Gasteiger partial charge in [0.15, 0.2) is 6.29 Å². The quantitative estimate of drug-likeness (QED) is 0.640. The Hall–Kier alpha value is -0.200. The molecule has 0 unspecified atom stereocenters. The monoisotopic (exact) mass is 204 g/mol. The third-order valence-electron chi connectivity index (χ3n) is 2.75. The van der Waals surface area contributed by atoms with E-state index in [0.717, 1.165) is 0 Å². The lowest BCUT2D eigenvalue weighted by Crippen LogP contribution is -2.56. The van der Waals surface area contributed by atoms with Crippen LogP contribution in [0.5, 0.6) is 0 Å². The van der Waals surface area contributed by atoms with Crippen LogP contribution in [0.25, 0.3) is 0 Å². The van der Waals surface area contributed by atoms with Crippen molar-refractivity contribution in [2.45, 2.75) is 37.6 Å². The molecule has 2 rings (SSSR count). The summed E-state index contributed by atoms with van der Waals surface area (Å²) in [4.78, 5) is 0. The molecule has 2 aliphatic rings. The third kappa shape index (κ3) is 1.55. The summed E-state index contributed by atoms with van der Waals surface area (Å²) >= 11 is 0. The van der Waals surface area contributed by atoms with Crippen LogP contribution in [0, 0.1) is 0 Å². The number of rotatable bonds is 2. The highest BCUT2D eigenvalue weighted by atomic mass is 16.8. The summed E-state index contributed by atoms with van der Waals surface area (Å²) in [5.74, 6) is 0. The lowest BCUT2D eigenvalue weighted by atomic mass is 10.00. The standard InChI is InChI=1S/C9H16O5/c1-5-6(10-2)7-8(13-4-12-7)9(11-3)14-5/h5-9H,4H2,1-3H3/t5-,6-,7+,8+,9+/m0/s1. The number of hydrogen-bond acceptors (Lipinski definition) is 5. The van der Waals surface area contributed by atoms with E-state index in [1.165, 1.54) is 0 Å². The van der Waals surface area contributed by atoms with Gasteiger partial charge in [0.2, 0.25) is 0 Å². The SMILES string of the molecule is CO[C@@H]1O[C@@H](C)[C@H](OC)[C@H]2OCO[C@@H]12. The molecule has 5 heteroatoms. The Morgan fingerprint density at radius 2 is 1.79 bits per heavy atom. The van der Waals surface area contributed by atoms with Crippen LogP contribution in [-0.4, -0.2) is 51.7 Å². The molecule has 0 bridgehead atoms. The second-order valence-corrected chi connectivity index (χ2v) is 3.53. The Kier molecular flexibility index (Phi) is 3.04. The zero-order valence-corrected chi connectivity index (χ0v) is 8.64. The Labute approximate surface area is 83.2 Å². The minimum Gasteiger partial charge on any atom is -0.376 e. The van der Waals surface area contributed by atoms with Gasteiger partial charge in [0.05, 0.1) is 6.10 Å². The van der Waals surface area contributed by atoms with Gasteiger partial charge in [-0.1, -0.05) is 0 Å². The molecule has 0 aromatic heterocycles. The number of fused-ring (bicyclic) bond motifs is 1. The van der Waals surface area contributed by atoms with Crippen LogP contribution in [0.3, 0.4) is 0 Å². The predicted molar refractivity (Wildman–Crippen MR) is 46.8 cm³/mol. The van der Waals surface area contributed by atoms with E-state index >= 15 is 0 Å². The fourth-order valence-corrected chi connectivity index (χ4v) is 2.05. The smallest absolute Gasteiger partial charge is 0.186 e. The van der Waals surface area contributed by atoms with E-state index < -0.39 is 0 Å². The van der Waals surface area contributed by atoms with Crippen molar-refractivity contribution < 1.29 is 23.7 Å². The maximum absolute atomic E-state index is 5.60. The molecule has 0 radical (unpaired) electrons. The summed E-state index contributed by atoms with van der Waals surface area (Å²) in [7, 11) is 3.25. The molecule has 2 fully saturated rings. The highest BCUT2D eigenvalue weighted by Crippen LogP contribution is 2.31. The maximum atomic E-state index is 5.60. The van der Waals surface area contributed by atoms with E-state index in [0.29, 0.717) is 0 Å². The molecule has 0 saturated carbocycles. The molecule has 82 valence electrons. The molecular weight excluding hydrogens is 188 g/mol. The van der Waals surface area contributed by atoms with Gasteiger partial charge in [-0.2, -0.15) is 0 Å². The van der Waals surface area contributed by atoms with Crippen molar-refractivity contribution in [2.24, 2.45) is 0 Å². The first-order valence-electron chi connectivity index (χ1n) is 4.72. The van der Waals surface area contributed by atoms with E-state index in [9.17, 15) is 0 Å². The van der Waals surface area contributed by atoms with Crippen molar-refractivity contribution in [1.82, 2.24) is 0 Å². The molecule has 0 amide bonds. The molecule has 14 heavy (non-hydrogen) atoms. The second-order valence-electron chi connectivity index (χ2n) is 3.53. The summed E-state index contributed by atoms with van der Waals surface area (Å²) in [6.07, 6.45) is -0.763. The van der Waals surface area contributed by atoms with Crippen LogP contribution in [0.4, 0.5) is 0 Å². The van der Waals surface area contributed by atoms with Crippen molar-refractivity contribution in [1.29, 1.82) is 0 Å². The molecular formula is C9H16O5. The van der Waals surface area contributed by atoms with Gasteiger partial charge in [-0.15, -0.1) is 0 Å². The first kappa shape index (κ1) is 10.3. The Morgan fingerprint density at radius 1 is 1.07 bits per heavy atom. The van der Waals surface area contributed by atoms with Crippen LogP contribution >= 0.6 is 0 Å². The molecule has 5 nitrogen and oxygen atoms in total. The van der Waals surface area contributed by atoms with Gasteiger partial charge in [0, 0.05) is 14.2 Å². The van der Waals surface area contributed by atoms with Crippen LogP contribution < -0.4 is 0 Å². The van der Waals surface area contributed by atoms with Crippen molar-refractivity contribution in [3.05, 3.63) is 0 Å². The molecule has 2 aliphatic heterocycles. The van der Waals surface area contributed by atoms with Crippen LogP contribution in [0.15, 0.2) is 0 Å². The van der Waals surface area contributed by atoms with Gasteiger partial charge in [0.1, 0.15) is 25.1 Å². The van der Waals surface area contributed by atoms with Crippen molar-refractivity contribution in [3.63, 3.8) is 0 Å². The van der Waals surface area contributed by atoms with Crippen molar-refractivity contribution in [2.75, 3.05) is 21.0 Å². The van der Waals surface area contributed by atoms with Crippen LogP contribution in [0.1, 0.15) is 6.92 Å². The maximum Gasteiger partial charge on any atom is 0.186 e. The lowest BCUT2D eigenvalue weighted by Gasteiger charge is -2.39. The number of methoxy groups -OCH3 is 2. The number of hydrogen-bond donors (Lipinski definition) is 0. The van der Waals surface area contributed by atoms with Crippen LogP contribution in [-0.2, 0) is 23.7 Å². The van der Waals surface area contributed by atoms with Gasteiger partial charge >= 0.3 is 0 Å². The Balaban J connectivity index is 2.12. The lowest BCUT2D eigenvalue weighted by molar-refractivity contribution is -0.265. The van der Waals surface area contributed by atoms with Gasteiger partial charge < -0.3 is 23.7 Å². The highest BCUT2D eigenvalue weighted by molar-refractivity contribution is 4.92. The van der Waals surface area contributed by atoms with Gasteiger partial charge in [-0.25, -0.2) is 0 Å². The average Bonchev–Trinajstić information content (AvgIpc) is 2.65. The summed E-state index contributed by atoms with van der Waals surface area (Å²) in [6.45, 7) is 2.23. The minimum atomic E-state index is -0.358. The minimum absolute atomic E-state index is 0.0482.